The van der Waals surface area contributed by atoms with Crippen LogP contribution in [0.5, 0.6) is 11.5 Å². The quantitative estimate of drug-likeness (QED) is 0.836. The third-order valence-corrected chi connectivity index (χ3v) is 2.43. The molecule has 7 nitrogen and oxygen atoms in total. The summed E-state index contributed by atoms with van der Waals surface area (Å²) in [5.41, 5.74) is 0.673. The average molecular weight is 260 g/mol. The molecular formula is C12H8N2O5. The lowest BCUT2D eigenvalue weighted by Crippen LogP contribution is -1.92. The molecule has 0 amide bonds. The Morgan fingerprint density at radius 3 is 2.95 bits per heavy atom. The Labute approximate surface area is 107 Å². The summed E-state index contributed by atoms with van der Waals surface area (Å²) in [5.74, 6) is 0.592. The van der Waals surface area contributed by atoms with Gasteiger partial charge in [-0.1, -0.05) is 0 Å². The van der Waals surface area contributed by atoms with Crippen molar-refractivity contribution in [2.24, 2.45) is 0 Å². The number of rotatable bonds is 3. The summed E-state index contributed by atoms with van der Waals surface area (Å²) >= 11 is 0. The number of carboxylic acids is 1. The van der Waals surface area contributed by atoms with E-state index in [-0.39, 0.29) is 18.6 Å². The van der Waals surface area contributed by atoms with Crippen LogP contribution in [-0.4, -0.2) is 28.1 Å². The number of hydrogen-bond donors (Lipinski definition) is 1. The lowest BCUT2D eigenvalue weighted by atomic mass is 10.2. The van der Waals surface area contributed by atoms with E-state index in [9.17, 15) is 4.79 Å². The van der Waals surface area contributed by atoms with E-state index >= 15 is 0 Å². The topological polar surface area (TPSA) is 94.7 Å². The summed E-state index contributed by atoms with van der Waals surface area (Å²) in [6.45, 7) is 0.190. The Bertz CT molecular complexity index is 662. The zero-order valence-corrected chi connectivity index (χ0v) is 9.57. The van der Waals surface area contributed by atoms with Crippen molar-refractivity contribution in [1.29, 1.82) is 0 Å². The number of carbonyl (C=O) groups is 1. The lowest BCUT2D eigenvalue weighted by Gasteiger charge is -1.97. The second-order valence-electron chi connectivity index (χ2n) is 3.69. The predicted molar refractivity (Wildman–Crippen MR) is 62.5 cm³/mol. The highest BCUT2D eigenvalue weighted by Crippen LogP contribution is 2.35. The van der Waals surface area contributed by atoms with Gasteiger partial charge in [0.25, 0.3) is 0 Å². The molecule has 1 aromatic heterocycles. The van der Waals surface area contributed by atoms with Crippen LogP contribution in [0.15, 0.2) is 28.7 Å². The Morgan fingerprint density at radius 1 is 1.26 bits per heavy atom. The molecule has 1 N–H and O–H groups in total. The lowest BCUT2D eigenvalue weighted by molar-refractivity contribution is -0.131. The van der Waals surface area contributed by atoms with Gasteiger partial charge in [0.05, 0.1) is 0 Å². The molecule has 7 heteroatoms. The Hall–Kier alpha value is -2.83. The predicted octanol–water partition coefficient (Wildman–Crippen LogP) is 1.56. The van der Waals surface area contributed by atoms with Crippen molar-refractivity contribution in [3.8, 4) is 23.0 Å². The van der Waals surface area contributed by atoms with Crippen LogP contribution in [0, 0.1) is 0 Å². The van der Waals surface area contributed by atoms with Gasteiger partial charge in [-0.2, -0.15) is 0 Å². The highest BCUT2D eigenvalue weighted by atomic mass is 16.7. The molecule has 1 aliphatic heterocycles. The van der Waals surface area contributed by atoms with E-state index in [1.807, 2.05) is 0 Å². The van der Waals surface area contributed by atoms with Crippen LogP contribution in [0.1, 0.15) is 5.89 Å². The Balaban J connectivity index is 1.88. The van der Waals surface area contributed by atoms with Gasteiger partial charge >= 0.3 is 5.97 Å². The van der Waals surface area contributed by atoms with Crippen molar-refractivity contribution in [1.82, 2.24) is 10.2 Å². The molecule has 0 bridgehead atoms. The van der Waals surface area contributed by atoms with Gasteiger partial charge in [-0.15, -0.1) is 10.2 Å². The molecule has 0 spiro atoms. The zero-order chi connectivity index (χ0) is 13.2. The maximum atomic E-state index is 10.4. The molecule has 0 radical (unpaired) electrons. The molecule has 0 saturated carbocycles. The van der Waals surface area contributed by atoms with Crippen LogP contribution in [0.3, 0.4) is 0 Å². The first-order chi connectivity index (χ1) is 9.22. The van der Waals surface area contributed by atoms with E-state index in [4.69, 9.17) is 19.0 Å². The molecule has 2 aromatic rings. The third kappa shape index (κ3) is 2.25. The first-order valence-electron chi connectivity index (χ1n) is 5.37. The Kier molecular flexibility index (Phi) is 2.64. The molecule has 3 rings (SSSR count). The number of aliphatic carboxylic acids is 1. The van der Waals surface area contributed by atoms with Gasteiger partial charge in [0.2, 0.25) is 18.6 Å². The fourth-order valence-corrected chi connectivity index (χ4v) is 1.59. The van der Waals surface area contributed by atoms with Crippen molar-refractivity contribution in [2.75, 3.05) is 6.79 Å². The minimum atomic E-state index is -1.08. The van der Waals surface area contributed by atoms with Crippen LogP contribution < -0.4 is 9.47 Å². The van der Waals surface area contributed by atoms with Crippen molar-refractivity contribution in [3.05, 3.63) is 30.2 Å². The van der Waals surface area contributed by atoms with Crippen LogP contribution in [0.4, 0.5) is 0 Å². The number of fused-ring (bicyclic) bond motifs is 1. The summed E-state index contributed by atoms with van der Waals surface area (Å²) in [6.07, 6.45) is 2.16. The molecule has 0 saturated heterocycles. The summed E-state index contributed by atoms with van der Waals surface area (Å²) in [6, 6.07) is 5.22. The SMILES string of the molecule is O=C(O)/C=C/c1nnc(-c2ccc3c(c2)OCO3)o1. The second kappa shape index (κ2) is 4.45. The number of carboxylic acid groups (broad SMARTS) is 1. The van der Waals surface area contributed by atoms with Gasteiger partial charge in [-0.05, 0) is 18.2 Å². The van der Waals surface area contributed by atoms with Crippen LogP contribution in [0.2, 0.25) is 0 Å². The average Bonchev–Trinajstić information content (AvgIpc) is 3.04. The Morgan fingerprint density at radius 2 is 2.11 bits per heavy atom. The highest BCUT2D eigenvalue weighted by molar-refractivity contribution is 5.84. The number of nitrogens with zero attached hydrogens (tertiary/aromatic N) is 2. The summed E-state index contributed by atoms with van der Waals surface area (Å²) in [7, 11) is 0. The number of hydrogen-bond acceptors (Lipinski definition) is 6. The van der Waals surface area contributed by atoms with E-state index in [1.165, 1.54) is 6.08 Å². The van der Waals surface area contributed by atoms with E-state index in [2.05, 4.69) is 10.2 Å². The molecule has 0 atom stereocenters. The number of ether oxygens (including phenoxy) is 2. The standard InChI is InChI=1S/C12H8N2O5/c15-11(16)4-3-10-13-14-12(19-10)7-1-2-8-9(5-7)18-6-17-8/h1-5H,6H2,(H,15,16)/b4-3+. The molecule has 96 valence electrons. The minimum absolute atomic E-state index is 0.120. The van der Waals surface area contributed by atoms with Gasteiger partial charge in [0, 0.05) is 17.7 Å². The van der Waals surface area contributed by atoms with Crippen LogP contribution in [0.25, 0.3) is 17.5 Å². The normalized spacial score (nSPS) is 13.1. The van der Waals surface area contributed by atoms with E-state index < -0.39 is 5.97 Å². The fourth-order valence-electron chi connectivity index (χ4n) is 1.59. The third-order valence-electron chi connectivity index (χ3n) is 2.43. The maximum Gasteiger partial charge on any atom is 0.328 e. The highest BCUT2D eigenvalue weighted by Gasteiger charge is 2.16. The summed E-state index contributed by atoms with van der Waals surface area (Å²) in [5, 5.41) is 16.0. The first kappa shape index (κ1) is 11.3. The number of aromatic nitrogens is 2. The molecule has 0 fully saturated rings. The van der Waals surface area contributed by atoms with Gasteiger partial charge in [0.1, 0.15) is 0 Å². The van der Waals surface area contributed by atoms with Crippen molar-refractivity contribution in [2.45, 2.75) is 0 Å². The van der Waals surface area contributed by atoms with Crippen LogP contribution in [-0.2, 0) is 4.79 Å². The summed E-state index contributed by atoms with van der Waals surface area (Å²) in [4.78, 5) is 10.4. The van der Waals surface area contributed by atoms with Crippen molar-refractivity contribution < 1.29 is 23.8 Å². The largest absolute Gasteiger partial charge is 0.478 e. The van der Waals surface area contributed by atoms with E-state index in [0.29, 0.717) is 17.1 Å². The summed E-state index contributed by atoms with van der Waals surface area (Å²) < 4.78 is 15.7. The molecule has 1 aromatic carbocycles. The monoisotopic (exact) mass is 260 g/mol. The second-order valence-corrected chi connectivity index (χ2v) is 3.69. The van der Waals surface area contributed by atoms with E-state index in [1.54, 1.807) is 18.2 Å². The minimum Gasteiger partial charge on any atom is -0.478 e. The van der Waals surface area contributed by atoms with Gasteiger partial charge in [0.15, 0.2) is 11.5 Å². The van der Waals surface area contributed by atoms with Gasteiger partial charge in [-0.25, -0.2) is 4.79 Å². The van der Waals surface area contributed by atoms with Crippen LogP contribution >= 0.6 is 0 Å². The van der Waals surface area contributed by atoms with Gasteiger partial charge < -0.3 is 19.0 Å². The zero-order valence-electron chi connectivity index (χ0n) is 9.57. The first-order valence-corrected chi connectivity index (χ1v) is 5.37. The van der Waals surface area contributed by atoms with Crippen molar-refractivity contribution in [3.63, 3.8) is 0 Å². The maximum absolute atomic E-state index is 10.4. The molecule has 0 unspecified atom stereocenters. The molecule has 19 heavy (non-hydrogen) atoms. The fraction of sp³-hybridized carbons (Fsp3) is 0.0833. The molecular weight excluding hydrogens is 252 g/mol. The molecule has 0 aliphatic carbocycles. The molecule has 1 aliphatic rings. The molecule has 2 heterocycles. The van der Waals surface area contributed by atoms with Gasteiger partial charge in [-0.3, -0.25) is 0 Å². The van der Waals surface area contributed by atoms with E-state index in [0.717, 1.165) is 6.08 Å². The number of benzene rings is 1. The van der Waals surface area contributed by atoms with Crippen molar-refractivity contribution >= 4 is 12.0 Å². The smallest absolute Gasteiger partial charge is 0.328 e.